The van der Waals surface area contributed by atoms with Crippen molar-refractivity contribution in [1.29, 1.82) is 0 Å². The van der Waals surface area contributed by atoms with Crippen molar-refractivity contribution in [2.75, 3.05) is 17.1 Å². The van der Waals surface area contributed by atoms with Crippen molar-refractivity contribution >= 4 is 27.5 Å². The fourth-order valence-corrected chi connectivity index (χ4v) is 4.86. The first-order valence-corrected chi connectivity index (χ1v) is 14.4. The van der Waals surface area contributed by atoms with Gasteiger partial charge in [0.15, 0.2) is 0 Å². The van der Waals surface area contributed by atoms with Crippen LogP contribution in [0.1, 0.15) is 70.1 Å². The molecule has 0 aliphatic heterocycles. The highest BCUT2D eigenvalue weighted by Crippen LogP contribution is 2.23. The number of hydrogen-bond acceptors (Lipinski definition) is 4. The molecule has 0 heterocycles. The predicted octanol–water partition coefficient (Wildman–Crippen LogP) is 4.61. The molecule has 2 atom stereocenters. The van der Waals surface area contributed by atoms with Gasteiger partial charge in [0.1, 0.15) is 12.6 Å². The second kappa shape index (κ2) is 12.9. The average molecular weight is 516 g/mol. The number of hydrogen-bond donors (Lipinski definition) is 1. The van der Waals surface area contributed by atoms with Crippen LogP contribution >= 0.6 is 0 Å². The second-order valence-corrected chi connectivity index (χ2v) is 11.7. The van der Waals surface area contributed by atoms with Crippen LogP contribution in [0, 0.1) is 6.92 Å². The predicted molar refractivity (Wildman–Crippen MR) is 146 cm³/mol. The molecule has 0 saturated carbocycles. The fourth-order valence-electron chi connectivity index (χ4n) is 4.01. The van der Waals surface area contributed by atoms with Crippen molar-refractivity contribution in [2.24, 2.45) is 0 Å². The van der Waals surface area contributed by atoms with E-state index in [2.05, 4.69) is 19.2 Å². The molecule has 0 aromatic heterocycles. The van der Waals surface area contributed by atoms with Crippen molar-refractivity contribution < 1.29 is 18.0 Å². The molecule has 8 heteroatoms. The lowest BCUT2D eigenvalue weighted by Gasteiger charge is -2.33. The summed E-state index contributed by atoms with van der Waals surface area (Å²) >= 11 is 0. The summed E-state index contributed by atoms with van der Waals surface area (Å²) in [6, 6.07) is 14.2. The Balaban J connectivity index is 2.44. The Kier molecular flexibility index (Phi) is 10.5. The highest BCUT2D eigenvalue weighted by molar-refractivity contribution is 7.92. The van der Waals surface area contributed by atoms with Crippen molar-refractivity contribution in [1.82, 2.24) is 10.2 Å². The van der Waals surface area contributed by atoms with Gasteiger partial charge in [0.05, 0.1) is 11.9 Å². The van der Waals surface area contributed by atoms with E-state index >= 15 is 0 Å². The van der Waals surface area contributed by atoms with E-state index in [0.29, 0.717) is 18.0 Å². The van der Waals surface area contributed by atoms with E-state index < -0.39 is 28.5 Å². The van der Waals surface area contributed by atoms with Gasteiger partial charge < -0.3 is 10.2 Å². The monoisotopic (exact) mass is 515 g/mol. The van der Waals surface area contributed by atoms with Crippen molar-refractivity contribution in [3.05, 3.63) is 65.2 Å². The van der Waals surface area contributed by atoms with Gasteiger partial charge in [0.2, 0.25) is 21.8 Å². The van der Waals surface area contributed by atoms with E-state index in [4.69, 9.17) is 0 Å². The van der Waals surface area contributed by atoms with Gasteiger partial charge in [-0.05, 0) is 55.9 Å². The molecule has 2 rings (SSSR count). The fraction of sp³-hybridized carbons (Fsp3) is 0.500. The zero-order chi connectivity index (χ0) is 27.0. The largest absolute Gasteiger partial charge is 0.352 e. The number of anilines is 1. The van der Waals surface area contributed by atoms with Gasteiger partial charge in [0, 0.05) is 12.6 Å². The SMILES string of the molecule is CC[C@@H](C)NC(=O)[C@@H](CC)N(Cc1cccc(C)c1)C(=O)CN(c1ccc(C(C)C)cc1)S(C)(=O)=O. The van der Waals surface area contributed by atoms with Crippen LogP contribution in [0.3, 0.4) is 0 Å². The smallest absolute Gasteiger partial charge is 0.244 e. The van der Waals surface area contributed by atoms with E-state index in [1.165, 1.54) is 4.90 Å². The zero-order valence-corrected chi connectivity index (χ0v) is 23.4. The Hall–Kier alpha value is -2.87. The van der Waals surface area contributed by atoms with Gasteiger partial charge in [-0.15, -0.1) is 0 Å². The van der Waals surface area contributed by atoms with Gasteiger partial charge in [-0.3, -0.25) is 13.9 Å². The summed E-state index contributed by atoms with van der Waals surface area (Å²) in [6.45, 7) is 11.7. The highest BCUT2D eigenvalue weighted by atomic mass is 32.2. The molecular formula is C28H41N3O4S. The number of rotatable bonds is 12. The first-order valence-electron chi connectivity index (χ1n) is 12.6. The summed E-state index contributed by atoms with van der Waals surface area (Å²) in [6.07, 6.45) is 2.26. The molecule has 1 N–H and O–H groups in total. The number of carbonyl (C=O) groups excluding carboxylic acids is 2. The Morgan fingerprint density at radius 3 is 2.11 bits per heavy atom. The Morgan fingerprint density at radius 2 is 1.61 bits per heavy atom. The number of amides is 2. The molecule has 2 amide bonds. The van der Waals surface area contributed by atoms with E-state index in [1.807, 2.05) is 64.1 Å². The van der Waals surface area contributed by atoms with Crippen molar-refractivity contribution in [2.45, 2.75) is 78.9 Å². The minimum absolute atomic E-state index is 0.0329. The van der Waals surface area contributed by atoms with E-state index in [9.17, 15) is 18.0 Å². The highest BCUT2D eigenvalue weighted by Gasteiger charge is 2.32. The van der Waals surface area contributed by atoms with Gasteiger partial charge in [-0.2, -0.15) is 0 Å². The molecule has 198 valence electrons. The van der Waals surface area contributed by atoms with Crippen molar-refractivity contribution in [3.8, 4) is 0 Å². The molecule has 7 nitrogen and oxygen atoms in total. The molecule has 2 aromatic rings. The molecular weight excluding hydrogens is 474 g/mol. The van der Waals surface area contributed by atoms with Crippen LogP contribution in [-0.2, 0) is 26.2 Å². The Labute approximate surface area is 216 Å². The molecule has 0 fully saturated rings. The standard InChI is InChI=1S/C28H41N3O4S/c1-8-22(6)29-28(33)26(9-2)30(18-23-12-10-11-21(5)17-23)27(32)19-31(36(7,34)35)25-15-13-24(14-16-25)20(3)4/h10-17,20,22,26H,8-9,18-19H2,1-7H3,(H,29,33)/t22-,26-/m1/s1. The summed E-state index contributed by atoms with van der Waals surface area (Å²) in [7, 11) is -3.75. The van der Waals surface area contributed by atoms with Gasteiger partial charge in [-0.1, -0.05) is 69.7 Å². The number of benzene rings is 2. The summed E-state index contributed by atoms with van der Waals surface area (Å²) in [5, 5.41) is 2.98. The van der Waals surface area contributed by atoms with Crippen LogP contribution in [0.5, 0.6) is 0 Å². The molecule has 0 aliphatic carbocycles. The summed E-state index contributed by atoms with van der Waals surface area (Å²) in [5.41, 5.74) is 3.42. The Bertz CT molecular complexity index is 1130. The normalized spacial score (nSPS) is 13.2. The molecule has 0 spiro atoms. The molecule has 0 unspecified atom stereocenters. The molecule has 36 heavy (non-hydrogen) atoms. The summed E-state index contributed by atoms with van der Waals surface area (Å²) in [5.74, 6) is -0.368. The van der Waals surface area contributed by atoms with Crippen LogP contribution in [0.25, 0.3) is 0 Å². The van der Waals surface area contributed by atoms with E-state index in [1.54, 1.807) is 12.1 Å². The lowest BCUT2D eigenvalue weighted by atomic mass is 10.0. The number of aryl methyl sites for hydroxylation is 1. The first kappa shape index (κ1) is 29.4. The topological polar surface area (TPSA) is 86.8 Å². The van der Waals surface area contributed by atoms with Crippen LogP contribution in [-0.4, -0.2) is 50.0 Å². The number of carbonyl (C=O) groups is 2. The second-order valence-electron chi connectivity index (χ2n) is 9.77. The number of nitrogens with zero attached hydrogens (tertiary/aromatic N) is 2. The third-order valence-electron chi connectivity index (χ3n) is 6.35. The third kappa shape index (κ3) is 8.08. The Morgan fingerprint density at radius 1 is 0.972 bits per heavy atom. The molecule has 0 saturated heterocycles. The minimum Gasteiger partial charge on any atom is -0.352 e. The average Bonchev–Trinajstić information content (AvgIpc) is 2.81. The molecule has 0 bridgehead atoms. The van der Waals surface area contributed by atoms with Crippen molar-refractivity contribution in [3.63, 3.8) is 0 Å². The maximum Gasteiger partial charge on any atom is 0.244 e. The lowest BCUT2D eigenvalue weighted by Crippen LogP contribution is -2.53. The third-order valence-corrected chi connectivity index (χ3v) is 7.49. The minimum atomic E-state index is -3.75. The zero-order valence-electron chi connectivity index (χ0n) is 22.6. The van der Waals surface area contributed by atoms with Crippen LogP contribution < -0.4 is 9.62 Å². The van der Waals surface area contributed by atoms with Crippen LogP contribution in [0.2, 0.25) is 0 Å². The maximum atomic E-state index is 13.7. The van der Waals surface area contributed by atoms with Gasteiger partial charge in [-0.25, -0.2) is 8.42 Å². The molecule has 2 aromatic carbocycles. The summed E-state index contributed by atoms with van der Waals surface area (Å²) in [4.78, 5) is 28.4. The van der Waals surface area contributed by atoms with Gasteiger partial charge >= 0.3 is 0 Å². The number of nitrogens with one attached hydrogen (secondary N) is 1. The first-order chi connectivity index (χ1) is 16.9. The lowest BCUT2D eigenvalue weighted by molar-refractivity contribution is -0.140. The molecule has 0 aliphatic rings. The van der Waals surface area contributed by atoms with Gasteiger partial charge in [0.25, 0.3) is 0 Å². The van der Waals surface area contributed by atoms with E-state index in [0.717, 1.165) is 33.7 Å². The molecule has 0 radical (unpaired) electrons. The summed E-state index contributed by atoms with van der Waals surface area (Å²) < 4.78 is 26.6. The quantitative estimate of drug-likeness (QED) is 0.447. The van der Waals surface area contributed by atoms with E-state index in [-0.39, 0.29) is 18.5 Å². The van der Waals surface area contributed by atoms with Crippen LogP contribution in [0.15, 0.2) is 48.5 Å². The van der Waals surface area contributed by atoms with Crippen LogP contribution in [0.4, 0.5) is 5.69 Å². The maximum absolute atomic E-state index is 13.7. The number of sulfonamides is 1.